The van der Waals surface area contributed by atoms with Crippen molar-refractivity contribution in [2.75, 3.05) is 5.32 Å². The number of aryl methyl sites for hydroxylation is 1. The van der Waals surface area contributed by atoms with Gasteiger partial charge in [-0.25, -0.2) is 4.98 Å². The van der Waals surface area contributed by atoms with E-state index in [1.54, 1.807) is 42.5 Å². The lowest BCUT2D eigenvalue weighted by atomic mass is 10.2. The average Bonchev–Trinajstić information content (AvgIpc) is 2.83. The van der Waals surface area contributed by atoms with Gasteiger partial charge in [0.25, 0.3) is 0 Å². The van der Waals surface area contributed by atoms with Crippen LogP contribution in [0.3, 0.4) is 0 Å². The molecule has 0 aliphatic rings. The highest BCUT2D eigenvalue weighted by atomic mass is 32.2. The van der Waals surface area contributed by atoms with Gasteiger partial charge < -0.3 is 9.88 Å². The number of imidazole rings is 1. The molecule has 0 amide bonds. The number of anilines is 2. The minimum absolute atomic E-state index is 0.328. The molecular formula is C15H11N5O2S. The SMILES string of the molecule is Cn1c(Nc2ccc(C#N)cc2)nc2cc(N=S(=O)=O)ccc21. The molecule has 1 heterocycles. The number of hydrogen-bond donors (Lipinski definition) is 1. The van der Waals surface area contributed by atoms with Crippen molar-refractivity contribution in [3.05, 3.63) is 48.0 Å². The molecule has 0 radical (unpaired) electrons. The van der Waals surface area contributed by atoms with Crippen LogP contribution in [0.1, 0.15) is 5.56 Å². The molecule has 3 aromatic rings. The highest BCUT2D eigenvalue weighted by Gasteiger charge is 2.08. The Balaban J connectivity index is 1.99. The monoisotopic (exact) mass is 325 g/mol. The lowest BCUT2D eigenvalue weighted by molar-refractivity contribution is 0.622. The van der Waals surface area contributed by atoms with Gasteiger partial charge in [-0.1, -0.05) is 0 Å². The van der Waals surface area contributed by atoms with Crippen LogP contribution >= 0.6 is 0 Å². The third-order valence-corrected chi connectivity index (χ3v) is 3.67. The standard InChI is InChI=1S/C15H11N5O2S/c1-20-14-7-6-12(19-23(21)22)8-13(14)18-15(20)17-11-4-2-10(9-16)3-5-11/h2-8H,1H3,(H,17,18). The van der Waals surface area contributed by atoms with E-state index in [-0.39, 0.29) is 0 Å². The van der Waals surface area contributed by atoms with E-state index >= 15 is 0 Å². The molecule has 7 nitrogen and oxygen atoms in total. The van der Waals surface area contributed by atoms with Crippen LogP contribution in [0, 0.1) is 11.3 Å². The van der Waals surface area contributed by atoms with Crippen molar-refractivity contribution in [2.45, 2.75) is 0 Å². The lowest BCUT2D eigenvalue weighted by Crippen LogP contribution is -1.98. The van der Waals surface area contributed by atoms with Crippen molar-refractivity contribution < 1.29 is 8.42 Å². The molecule has 1 aromatic heterocycles. The summed E-state index contributed by atoms with van der Waals surface area (Å²) >= 11 is 0. The number of nitrogens with zero attached hydrogens (tertiary/aromatic N) is 4. The molecule has 2 aromatic carbocycles. The fourth-order valence-corrected chi connectivity index (χ4v) is 2.49. The predicted molar refractivity (Wildman–Crippen MR) is 86.2 cm³/mol. The molecule has 0 unspecified atom stereocenters. The summed E-state index contributed by atoms with van der Waals surface area (Å²) in [7, 11) is -0.643. The molecule has 23 heavy (non-hydrogen) atoms. The van der Waals surface area contributed by atoms with Gasteiger partial charge in [-0.05, 0) is 42.5 Å². The van der Waals surface area contributed by atoms with Gasteiger partial charge in [0.1, 0.15) is 0 Å². The highest BCUT2D eigenvalue weighted by Crippen LogP contribution is 2.25. The van der Waals surface area contributed by atoms with Gasteiger partial charge >= 0.3 is 10.5 Å². The minimum Gasteiger partial charge on any atom is -0.326 e. The Morgan fingerprint density at radius 3 is 2.61 bits per heavy atom. The van der Waals surface area contributed by atoms with Gasteiger partial charge in [0, 0.05) is 12.7 Å². The molecule has 0 saturated carbocycles. The Labute approximate surface area is 133 Å². The van der Waals surface area contributed by atoms with Gasteiger partial charge in [0.2, 0.25) is 5.95 Å². The first-order valence-corrected chi connectivity index (χ1v) is 7.65. The van der Waals surface area contributed by atoms with Crippen molar-refractivity contribution in [1.82, 2.24) is 9.55 Å². The largest absolute Gasteiger partial charge is 0.326 e. The topological polar surface area (TPSA) is 100 Å². The second-order valence-electron chi connectivity index (χ2n) is 4.79. The van der Waals surface area contributed by atoms with E-state index in [1.807, 2.05) is 11.6 Å². The number of benzene rings is 2. The third kappa shape index (κ3) is 3.04. The lowest BCUT2D eigenvalue weighted by Gasteiger charge is -2.05. The number of nitriles is 1. The molecule has 0 atom stereocenters. The first-order chi connectivity index (χ1) is 11.1. The molecular weight excluding hydrogens is 314 g/mol. The Hall–Kier alpha value is -3.18. The number of hydrogen-bond acceptors (Lipinski definition) is 6. The Bertz CT molecular complexity index is 1050. The van der Waals surface area contributed by atoms with E-state index < -0.39 is 10.5 Å². The molecule has 1 N–H and O–H groups in total. The predicted octanol–water partition coefficient (Wildman–Crippen LogP) is 2.88. The van der Waals surface area contributed by atoms with Crippen LogP contribution in [-0.2, 0) is 17.5 Å². The third-order valence-electron chi connectivity index (χ3n) is 3.31. The summed E-state index contributed by atoms with van der Waals surface area (Å²) < 4.78 is 26.6. The summed E-state index contributed by atoms with van der Waals surface area (Å²) in [5, 5.41) is 12.0. The van der Waals surface area contributed by atoms with Gasteiger partial charge in [-0.15, -0.1) is 4.36 Å². The summed E-state index contributed by atoms with van der Waals surface area (Å²) in [5.41, 5.74) is 3.19. The van der Waals surface area contributed by atoms with E-state index in [4.69, 9.17) is 5.26 Å². The van der Waals surface area contributed by atoms with E-state index in [1.165, 1.54) is 0 Å². The summed E-state index contributed by atoms with van der Waals surface area (Å²) in [6, 6.07) is 14.1. The average molecular weight is 325 g/mol. The highest BCUT2D eigenvalue weighted by molar-refractivity contribution is 7.61. The molecule has 0 fully saturated rings. The normalized spacial score (nSPS) is 10.3. The number of aromatic nitrogens is 2. The van der Waals surface area contributed by atoms with Crippen molar-refractivity contribution in [3.63, 3.8) is 0 Å². The number of rotatable bonds is 3. The van der Waals surface area contributed by atoms with E-state index in [2.05, 4.69) is 20.7 Å². The van der Waals surface area contributed by atoms with E-state index in [9.17, 15) is 8.42 Å². The Morgan fingerprint density at radius 1 is 1.22 bits per heavy atom. The van der Waals surface area contributed by atoms with Crippen molar-refractivity contribution in [3.8, 4) is 6.07 Å². The van der Waals surface area contributed by atoms with Crippen LogP contribution in [0.2, 0.25) is 0 Å². The summed E-state index contributed by atoms with van der Waals surface area (Å²) in [5.74, 6) is 0.602. The minimum atomic E-state index is -2.49. The zero-order chi connectivity index (χ0) is 16.4. The van der Waals surface area contributed by atoms with Crippen molar-refractivity contribution >= 4 is 38.9 Å². The maximum atomic E-state index is 10.6. The molecule has 8 heteroatoms. The Kier molecular flexibility index (Phi) is 3.78. The zero-order valence-corrected chi connectivity index (χ0v) is 12.9. The van der Waals surface area contributed by atoms with Gasteiger partial charge in [-0.2, -0.15) is 13.7 Å². The van der Waals surface area contributed by atoms with Gasteiger partial charge in [-0.3, -0.25) is 0 Å². The second-order valence-corrected chi connectivity index (χ2v) is 5.41. The van der Waals surface area contributed by atoms with E-state index in [0.717, 1.165) is 11.2 Å². The smallest absolute Gasteiger partial charge is 0.316 e. The first kappa shape index (κ1) is 14.7. The second kappa shape index (κ2) is 5.90. The molecule has 0 spiro atoms. The van der Waals surface area contributed by atoms with Crippen LogP contribution in [0.5, 0.6) is 0 Å². The fraction of sp³-hybridized carbons (Fsp3) is 0.0667. The molecule has 0 aliphatic carbocycles. The van der Waals surface area contributed by atoms with Crippen LogP contribution in [-0.4, -0.2) is 18.0 Å². The van der Waals surface area contributed by atoms with Crippen LogP contribution in [0.25, 0.3) is 11.0 Å². The van der Waals surface area contributed by atoms with Crippen LogP contribution in [0.15, 0.2) is 46.8 Å². The maximum Gasteiger partial charge on any atom is 0.316 e. The van der Waals surface area contributed by atoms with Crippen LogP contribution in [0.4, 0.5) is 17.3 Å². The first-order valence-electron chi connectivity index (χ1n) is 6.61. The quantitative estimate of drug-likeness (QED) is 0.798. The number of nitrogens with one attached hydrogen (secondary N) is 1. The molecule has 114 valence electrons. The summed E-state index contributed by atoms with van der Waals surface area (Å²) in [6.07, 6.45) is 0. The molecule has 3 rings (SSSR count). The van der Waals surface area contributed by atoms with Crippen molar-refractivity contribution in [1.29, 1.82) is 5.26 Å². The fourth-order valence-electron chi connectivity index (χ4n) is 2.20. The van der Waals surface area contributed by atoms with Gasteiger partial charge in [0.05, 0.1) is 28.4 Å². The zero-order valence-electron chi connectivity index (χ0n) is 12.1. The molecule has 0 saturated heterocycles. The van der Waals surface area contributed by atoms with Gasteiger partial charge in [0.15, 0.2) is 0 Å². The Morgan fingerprint density at radius 2 is 1.96 bits per heavy atom. The molecule has 0 aliphatic heterocycles. The van der Waals surface area contributed by atoms with Crippen molar-refractivity contribution in [2.24, 2.45) is 11.4 Å². The van der Waals surface area contributed by atoms with Crippen LogP contribution < -0.4 is 5.32 Å². The maximum absolute atomic E-state index is 10.6. The van der Waals surface area contributed by atoms with E-state index in [0.29, 0.717) is 22.7 Å². The summed E-state index contributed by atoms with van der Waals surface area (Å²) in [4.78, 5) is 4.44. The summed E-state index contributed by atoms with van der Waals surface area (Å²) in [6.45, 7) is 0. The number of fused-ring (bicyclic) bond motifs is 1. The molecule has 0 bridgehead atoms.